The van der Waals surface area contributed by atoms with Gasteiger partial charge >= 0.3 is 0 Å². The van der Waals surface area contributed by atoms with E-state index in [2.05, 4.69) is 26.1 Å². The van der Waals surface area contributed by atoms with E-state index in [1.54, 1.807) is 0 Å². The second-order valence-corrected chi connectivity index (χ2v) is 9.86. The summed E-state index contributed by atoms with van der Waals surface area (Å²) in [5.74, 6) is 0.421. The number of carbonyl (C=O) groups is 1. The fourth-order valence-electron chi connectivity index (χ4n) is 3.04. The highest BCUT2D eigenvalue weighted by molar-refractivity contribution is 7.91. The molecule has 0 saturated carbocycles. The Hall–Kier alpha value is -1.40. The van der Waals surface area contributed by atoms with Crippen molar-refractivity contribution in [2.45, 2.75) is 45.1 Å². The number of rotatable bonds is 5. The third-order valence-corrected chi connectivity index (χ3v) is 6.28. The molecule has 24 heavy (non-hydrogen) atoms. The van der Waals surface area contributed by atoms with Gasteiger partial charge in [0.05, 0.1) is 11.5 Å². The SMILES string of the molecule is CN(CCC(=O)Nc1ccccc1C(C)(C)C)C1CCS(=O)(=O)C1. The molecule has 1 heterocycles. The first-order chi connectivity index (χ1) is 11.1. The minimum absolute atomic E-state index is 0.0321. The monoisotopic (exact) mass is 352 g/mol. The Kier molecular flexibility index (Phi) is 5.71. The first-order valence-corrected chi connectivity index (χ1v) is 10.2. The first-order valence-electron chi connectivity index (χ1n) is 8.38. The van der Waals surface area contributed by atoms with Crippen LogP contribution in [0.25, 0.3) is 0 Å². The molecular weight excluding hydrogens is 324 g/mol. The number of nitrogens with one attached hydrogen (secondary N) is 1. The summed E-state index contributed by atoms with van der Waals surface area (Å²) < 4.78 is 23.1. The van der Waals surface area contributed by atoms with Crippen molar-refractivity contribution in [3.05, 3.63) is 29.8 Å². The minimum Gasteiger partial charge on any atom is -0.326 e. The molecule has 1 aliphatic rings. The van der Waals surface area contributed by atoms with Crippen LogP contribution < -0.4 is 5.32 Å². The van der Waals surface area contributed by atoms with Crippen LogP contribution in [0.5, 0.6) is 0 Å². The Labute approximate surface area is 145 Å². The molecule has 2 rings (SSSR count). The smallest absolute Gasteiger partial charge is 0.225 e. The Morgan fingerprint density at radius 3 is 2.54 bits per heavy atom. The van der Waals surface area contributed by atoms with Crippen molar-refractivity contribution in [3.8, 4) is 0 Å². The number of benzene rings is 1. The van der Waals surface area contributed by atoms with E-state index in [1.807, 2.05) is 36.2 Å². The van der Waals surface area contributed by atoms with Crippen molar-refractivity contribution in [2.75, 3.05) is 30.4 Å². The zero-order valence-corrected chi connectivity index (χ0v) is 15.8. The van der Waals surface area contributed by atoms with Gasteiger partial charge in [0, 0.05) is 24.7 Å². The summed E-state index contributed by atoms with van der Waals surface area (Å²) in [5.41, 5.74) is 1.91. The normalized spacial score (nSPS) is 20.3. The highest BCUT2D eigenvalue weighted by atomic mass is 32.2. The van der Waals surface area contributed by atoms with E-state index >= 15 is 0 Å². The lowest BCUT2D eigenvalue weighted by molar-refractivity contribution is -0.116. The molecule has 0 aromatic heterocycles. The van der Waals surface area contributed by atoms with Crippen LogP contribution in [-0.4, -0.2) is 50.4 Å². The van der Waals surface area contributed by atoms with Crippen LogP contribution >= 0.6 is 0 Å². The van der Waals surface area contributed by atoms with E-state index in [0.717, 1.165) is 11.3 Å². The number of sulfone groups is 1. The fraction of sp³-hybridized carbons (Fsp3) is 0.611. The molecule has 1 saturated heterocycles. The van der Waals surface area contributed by atoms with E-state index in [1.165, 1.54) is 0 Å². The predicted octanol–water partition coefficient (Wildman–Crippen LogP) is 2.43. The van der Waals surface area contributed by atoms with E-state index in [-0.39, 0.29) is 28.9 Å². The van der Waals surface area contributed by atoms with Crippen LogP contribution in [-0.2, 0) is 20.0 Å². The molecule has 134 valence electrons. The maximum absolute atomic E-state index is 12.3. The van der Waals surface area contributed by atoms with Gasteiger partial charge < -0.3 is 10.2 Å². The first kappa shape index (κ1) is 18.9. The summed E-state index contributed by atoms with van der Waals surface area (Å²) >= 11 is 0. The summed E-state index contributed by atoms with van der Waals surface area (Å²) in [4.78, 5) is 14.3. The van der Waals surface area contributed by atoms with Crippen LogP contribution in [0, 0.1) is 0 Å². The molecule has 1 amide bonds. The highest BCUT2D eigenvalue weighted by Crippen LogP contribution is 2.29. The second-order valence-electron chi connectivity index (χ2n) is 7.63. The molecule has 6 heteroatoms. The molecule has 1 atom stereocenters. The van der Waals surface area contributed by atoms with Crippen LogP contribution in [0.3, 0.4) is 0 Å². The summed E-state index contributed by atoms with van der Waals surface area (Å²) in [6, 6.07) is 7.88. The maximum Gasteiger partial charge on any atom is 0.225 e. The van der Waals surface area contributed by atoms with Gasteiger partial charge in [-0.3, -0.25) is 4.79 Å². The summed E-state index contributed by atoms with van der Waals surface area (Å²) in [5, 5.41) is 3.00. The van der Waals surface area contributed by atoms with E-state index in [4.69, 9.17) is 0 Å². The lowest BCUT2D eigenvalue weighted by atomic mass is 9.86. The van der Waals surface area contributed by atoms with E-state index < -0.39 is 9.84 Å². The molecule has 0 bridgehead atoms. The molecular formula is C18H28N2O3S. The number of hydrogen-bond donors (Lipinski definition) is 1. The van der Waals surface area contributed by atoms with Gasteiger partial charge in [0.25, 0.3) is 0 Å². The molecule has 0 radical (unpaired) electrons. The lowest BCUT2D eigenvalue weighted by Gasteiger charge is -2.24. The van der Waals surface area contributed by atoms with E-state index in [9.17, 15) is 13.2 Å². The van der Waals surface area contributed by atoms with Gasteiger partial charge in [-0.2, -0.15) is 0 Å². The third-order valence-electron chi connectivity index (χ3n) is 4.53. The zero-order chi connectivity index (χ0) is 18.0. The molecule has 5 nitrogen and oxygen atoms in total. The second kappa shape index (κ2) is 7.23. The molecule has 1 aromatic rings. The van der Waals surface area contributed by atoms with Crippen molar-refractivity contribution in [3.63, 3.8) is 0 Å². The minimum atomic E-state index is -2.89. The number of hydrogen-bond acceptors (Lipinski definition) is 4. The maximum atomic E-state index is 12.3. The van der Waals surface area contributed by atoms with Gasteiger partial charge in [-0.15, -0.1) is 0 Å². The predicted molar refractivity (Wildman–Crippen MR) is 98.1 cm³/mol. The van der Waals surface area contributed by atoms with Gasteiger partial charge in [-0.05, 0) is 30.5 Å². The summed E-state index contributed by atoms with van der Waals surface area (Å²) in [7, 11) is -1.00. The van der Waals surface area contributed by atoms with Gasteiger partial charge in [-0.25, -0.2) is 8.42 Å². The lowest BCUT2D eigenvalue weighted by Crippen LogP contribution is -2.35. The standard InChI is InChI=1S/C18H28N2O3S/c1-18(2,3)15-7-5-6-8-16(15)19-17(21)9-11-20(4)14-10-12-24(22,23)13-14/h5-8,14H,9-13H2,1-4H3,(H,19,21). The molecule has 0 spiro atoms. The van der Waals surface area contributed by atoms with Crippen LogP contribution in [0.4, 0.5) is 5.69 Å². The van der Waals surface area contributed by atoms with Gasteiger partial charge in [0.2, 0.25) is 5.91 Å². The average molecular weight is 353 g/mol. The molecule has 1 fully saturated rings. The van der Waals surface area contributed by atoms with Crippen molar-refractivity contribution in [1.82, 2.24) is 4.90 Å². The largest absolute Gasteiger partial charge is 0.326 e. The molecule has 1 N–H and O–H groups in total. The van der Waals surface area contributed by atoms with Gasteiger partial charge in [-0.1, -0.05) is 39.0 Å². The summed E-state index contributed by atoms with van der Waals surface area (Å²) in [6.07, 6.45) is 1.01. The Bertz CT molecular complexity index is 692. The molecule has 1 aliphatic heterocycles. The average Bonchev–Trinajstić information content (AvgIpc) is 2.84. The molecule has 0 aliphatic carbocycles. The van der Waals surface area contributed by atoms with Gasteiger partial charge in [0.15, 0.2) is 9.84 Å². The van der Waals surface area contributed by atoms with Gasteiger partial charge in [0.1, 0.15) is 0 Å². The number of amides is 1. The van der Waals surface area contributed by atoms with Crippen molar-refractivity contribution < 1.29 is 13.2 Å². The fourth-order valence-corrected chi connectivity index (χ4v) is 4.85. The molecule has 1 aromatic carbocycles. The summed E-state index contributed by atoms with van der Waals surface area (Å²) in [6.45, 7) is 6.91. The Morgan fingerprint density at radius 2 is 1.96 bits per heavy atom. The van der Waals surface area contributed by atoms with Crippen molar-refractivity contribution in [2.24, 2.45) is 0 Å². The topological polar surface area (TPSA) is 66.5 Å². The van der Waals surface area contributed by atoms with Crippen LogP contribution in [0.15, 0.2) is 24.3 Å². The molecule has 1 unspecified atom stereocenters. The van der Waals surface area contributed by atoms with Crippen molar-refractivity contribution >= 4 is 21.4 Å². The quantitative estimate of drug-likeness (QED) is 0.884. The Morgan fingerprint density at radius 1 is 1.29 bits per heavy atom. The number of nitrogens with zero attached hydrogens (tertiary/aromatic N) is 1. The number of anilines is 1. The van der Waals surface area contributed by atoms with Crippen LogP contribution in [0.2, 0.25) is 0 Å². The van der Waals surface area contributed by atoms with E-state index in [0.29, 0.717) is 19.4 Å². The third kappa shape index (κ3) is 5.05. The number of para-hydroxylation sites is 1. The zero-order valence-electron chi connectivity index (χ0n) is 15.0. The van der Waals surface area contributed by atoms with Crippen LogP contribution in [0.1, 0.15) is 39.2 Å². The Balaban J connectivity index is 1.91. The van der Waals surface area contributed by atoms with Crippen molar-refractivity contribution in [1.29, 1.82) is 0 Å². The highest BCUT2D eigenvalue weighted by Gasteiger charge is 2.30. The number of carbonyl (C=O) groups excluding carboxylic acids is 1.